The topological polar surface area (TPSA) is 85.1 Å². The van der Waals surface area contributed by atoms with Crippen LogP contribution >= 0.6 is 0 Å². The van der Waals surface area contributed by atoms with Crippen molar-refractivity contribution in [2.75, 3.05) is 6.54 Å². The SMILES string of the molecule is O=C(C[N+](=O)[O-])NCc1ccccn1. The van der Waals surface area contributed by atoms with Crippen molar-refractivity contribution in [2.24, 2.45) is 0 Å². The highest BCUT2D eigenvalue weighted by Gasteiger charge is 2.08. The van der Waals surface area contributed by atoms with E-state index in [0.717, 1.165) is 0 Å². The summed E-state index contributed by atoms with van der Waals surface area (Å²) >= 11 is 0. The van der Waals surface area contributed by atoms with Gasteiger partial charge >= 0.3 is 0 Å². The van der Waals surface area contributed by atoms with Gasteiger partial charge in [-0.3, -0.25) is 19.9 Å². The van der Waals surface area contributed by atoms with Crippen molar-refractivity contribution in [2.45, 2.75) is 6.54 Å². The van der Waals surface area contributed by atoms with Crippen LogP contribution in [-0.4, -0.2) is 22.4 Å². The Morgan fingerprint density at radius 1 is 1.57 bits per heavy atom. The number of nitro groups is 1. The van der Waals surface area contributed by atoms with Crippen LogP contribution in [0.2, 0.25) is 0 Å². The van der Waals surface area contributed by atoms with Gasteiger partial charge in [-0.2, -0.15) is 0 Å². The maximum Gasteiger partial charge on any atom is 0.292 e. The van der Waals surface area contributed by atoms with Crippen LogP contribution in [0, 0.1) is 10.1 Å². The van der Waals surface area contributed by atoms with Crippen LogP contribution in [0.5, 0.6) is 0 Å². The summed E-state index contributed by atoms with van der Waals surface area (Å²) in [7, 11) is 0. The molecule has 0 bridgehead atoms. The molecule has 0 aliphatic rings. The number of carbonyl (C=O) groups excluding carboxylic acids is 1. The third-order valence-corrected chi connectivity index (χ3v) is 1.47. The highest BCUT2D eigenvalue weighted by atomic mass is 16.6. The predicted octanol–water partition coefficient (Wildman–Crippen LogP) is -0.0255. The Balaban J connectivity index is 2.34. The average Bonchev–Trinajstić information content (AvgIpc) is 2.15. The fraction of sp³-hybridized carbons (Fsp3) is 0.250. The Morgan fingerprint density at radius 2 is 2.36 bits per heavy atom. The Kier molecular flexibility index (Phi) is 3.54. The van der Waals surface area contributed by atoms with E-state index in [4.69, 9.17) is 0 Å². The van der Waals surface area contributed by atoms with Gasteiger partial charge in [0, 0.05) is 11.1 Å². The standard InChI is InChI=1S/C8H9N3O3/c12-8(6-11(13)14)10-5-7-3-1-2-4-9-7/h1-4H,5-6H2,(H,10,12). The van der Waals surface area contributed by atoms with Gasteiger partial charge in [-0.25, -0.2) is 0 Å². The number of aromatic nitrogens is 1. The third-order valence-electron chi connectivity index (χ3n) is 1.47. The Hall–Kier alpha value is -1.98. The molecule has 0 saturated heterocycles. The lowest BCUT2D eigenvalue weighted by Gasteiger charge is -2.00. The number of amides is 1. The van der Waals surface area contributed by atoms with Crippen LogP contribution in [0.3, 0.4) is 0 Å². The number of hydrogen-bond acceptors (Lipinski definition) is 4. The van der Waals surface area contributed by atoms with Crippen molar-refractivity contribution >= 4 is 5.91 Å². The van der Waals surface area contributed by atoms with Gasteiger partial charge in [0.25, 0.3) is 12.5 Å². The van der Waals surface area contributed by atoms with E-state index in [2.05, 4.69) is 10.3 Å². The molecular weight excluding hydrogens is 186 g/mol. The van der Waals surface area contributed by atoms with E-state index in [1.54, 1.807) is 24.4 Å². The molecule has 6 heteroatoms. The summed E-state index contributed by atoms with van der Waals surface area (Å²) in [6.07, 6.45) is 1.59. The van der Waals surface area contributed by atoms with E-state index in [0.29, 0.717) is 5.69 Å². The second-order valence-corrected chi connectivity index (χ2v) is 2.59. The van der Waals surface area contributed by atoms with Crippen LogP contribution in [0.25, 0.3) is 0 Å². The second-order valence-electron chi connectivity index (χ2n) is 2.59. The van der Waals surface area contributed by atoms with Gasteiger partial charge in [0.1, 0.15) is 0 Å². The van der Waals surface area contributed by atoms with Gasteiger partial charge in [0.05, 0.1) is 12.2 Å². The molecule has 1 rings (SSSR count). The molecule has 1 aromatic rings. The van der Waals surface area contributed by atoms with Crippen molar-refractivity contribution in [3.8, 4) is 0 Å². The summed E-state index contributed by atoms with van der Waals surface area (Å²) in [4.78, 5) is 24.1. The molecule has 74 valence electrons. The monoisotopic (exact) mass is 195 g/mol. The quantitative estimate of drug-likeness (QED) is 0.540. The number of rotatable bonds is 4. The van der Waals surface area contributed by atoms with Gasteiger partial charge in [0.15, 0.2) is 0 Å². The van der Waals surface area contributed by atoms with Crippen LogP contribution in [0.15, 0.2) is 24.4 Å². The van der Waals surface area contributed by atoms with Crippen molar-refractivity contribution < 1.29 is 9.72 Å². The highest BCUT2D eigenvalue weighted by molar-refractivity contribution is 5.76. The van der Waals surface area contributed by atoms with E-state index in [-0.39, 0.29) is 6.54 Å². The lowest BCUT2D eigenvalue weighted by Crippen LogP contribution is -2.29. The van der Waals surface area contributed by atoms with E-state index in [1.165, 1.54) is 0 Å². The molecule has 0 unspecified atom stereocenters. The third kappa shape index (κ3) is 3.61. The maximum absolute atomic E-state index is 10.8. The summed E-state index contributed by atoms with van der Waals surface area (Å²) in [6.45, 7) is -0.486. The lowest BCUT2D eigenvalue weighted by atomic mass is 10.3. The smallest absolute Gasteiger partial charge is 0.292 e. The molecule has 0 atom stereocenters. The molecule has 0 aliphatic heterocycles. The summed E-state index contributed by atoms with van der Waals surface area (Å²) in [5, 5.41) is 12.3. The van der Waals surface area contributed by atoms with Crippen molar-refractivity contribution in [3.05, 3.63) is 40.2 Å². The zero-order valence-corrected chi connectivity index (χ0v) is 7.34. The molecule has 6 nitrogen and oxygen atoms in total. The van der Waals surface area contributed by atoms with Crippen LogP contribution in [0.1, 0.15) is 5.69 Å². The Labute approximate surface area is 80.1 Å². The number of nitrogens with one attached hydrogen (secondary N) is 1. The van der Waals surface area contributed by atoms with Gasteiger partial charge in [-0.15, -0.1) is 0 Å². The molecule has 0 aliphatic carbocycles. The highest BCUT2D eigenvalue weighted by Crippen LogP contribution is 1.91. The fourth-order valence-electron chi connectivity index (χ4n) is 0.865. The first kappa shape index (κ1) is 10.1. The number of pyridine rings is 1. The average molecular weight is 195 g/mol. The second kappa shape index (κ2) is 4.90. The summed E-state index contributed by atoms with van der Waals surface area (Å²) < 4.78 is 0. The molecule has 0 radical (unpaired) electrons. The predicted molar refractivity (Wildman–Crippen MR) is 47.9 cm³/mol. The Morgan fingerprint density at radius 3 is 2.93 bits per heavy atom. The van der Waals surface area contributed by atoms with E-state index in [9.17, 15) is 14.9 Å². The maximum atomic E-state index is 10.8. The van der Waals surface area contributed by atoms with E-state index < -0.39 is 17.4 Å². The largest absolute Gasteiger partial charge is 0.345 e. The summed E-state index contributed by atoms with van der Waals surface area (Å²) in [5.74, 6) is -0.611. The Bertz CT molecular complexity index is 326. The summed E-state index contributed by atoms with van der Waals surface area (Å²) in [6, 6.07) is 5.26. The number of carbonyl (C=O) groups is 1. The molecule has 0 saturated carbocycles. The minimum Gasteiger partial charge on any atom is -0.345 e. The normalized spacial score (nSPS) is 9.43. The molecule has 0 fully saturated rings. The van der Waals surface area contributed by atoms with Gasteiger partial charge in [-0.05, 0) is 12.1 Å². The first-order valence-corrected chi connectivity index (χ1v) is 3.97. The fourth-order valence-corrected chi connectivity index (χ4v) is 0.865. The molecule has 1 amide bonds. The van der Waals surface area contributed by atoms with Gasteiger partial charge in [-0.1, -0.05) is 6.07 Å². The van der Waals surface area contributed by atoms with E-state index in [1.807, 2.05) is 0 Å². The molecule has 1 N–H and O–H groups in total. The van der Waals surface area contributed by atoms with Gasteiger partial charge in [0.2, 0.25) is 0 Å². The van der Waals surface area contributed by atoms with Crippen molar-refractivity contribution in [1.82, 2.24) is 10.3 Å². The number of hydrogen-bond donors (Lipinski definition) is 1. The summed E-state index contributed by atoms with van der Waals surface area (Å²) in [5.41, 5.74) is 0.671. The zero-order chi connectivity index (χ0) is 10.4. The molecular formula is C8H9N3O3. The zero-order valence-electron chi connectivity index (χ0n) is 7.34. The van der Waals surface area contributed by atoms with Crippen LogP contribution in [-0.2, 0) is 11.3 Å². The van der Waals surface area contributed by atoms with Crippen LogP contribution < -0.4 is 5.32 Å². The van der Waals surface area contributed by atoms with E-state index >= 15 is 0 Å². The molecule has 0 spiro atoms. The minimum absolute atomic E-state index is 0.216. The molecule has 14 heavy (non-hydrogen) atoms. The van der Waals surface area contributed by atoms with Crippen molar-refractivity contribution in [3.63, 3.8) is 0 Å². The van der Waals surface area contributed by atoms with Crippen molar-refractivity contribution in [1.29, 1.82) is 0 Å². The first-order valence-electron chi connectivity index (χ1n) is 3.97. The molecule has 1 aromatic heterocycles. The molecule has 0 aromatic carbocycles. The lowest BCUT2D eigenvalue weighted by molar-refractivity contribution is -0.467. The molecule has 1 heterocycles. The van der Waals surface area contributed by atoms with Gasteiger partial charge < -0.3 is 5.32 Å². The first-order chi connectivity index (χ1) is 6.68. The minimum atomic E-state index is -0.702. The van der Waals surface area contributed by atoms with Crippen LogP contribution in [0.4, 0.5) is 0 Å². The number of nitrogens with zero attached hydrogens (tertiary/aromatic N) is 2.